The van der Waals surface area contributed by atoms with E-state index in [4.69, 9.17) is 0 Å². The standard InChI is InChI=1S/C14H25N5/c1-15-7-4-13-16-8-5-14(17-13)19(3)11-12-6-9-18(2)10-12/h5,8,12,15H,4,6-7,9-11H2,1-3H3. The number of anilines is 1. The summed E-state index contributed by atoms with van der Waals surface area (Å²) < 4.78 is 0. The van der Waals surface area contributed by atoms with E-state index in [2.05, 4.69) is 39.2 Å². The van der Waals surface area contributed by atoms with Gasteiger partial charge >= 0.3 is 0 Å². The molecule has 1 N–H and O–H groups in total. The van der Waals surface area contributed by atoms with E-state index < -0.39 is 0 Å². The number of hydrogen-bond acceptors (Lipinski definition) is 5. The molecule has 0 aliphatic carbocycles. The Bertz CT molecular complexity index is 395. The topological polar surface area (TPSA) is 44.3 Å². The van der Waals surface area contributed by atoms with E-state index in [-0.39, 0.29) is 0 Å². The summed E-state index contributed by atoms with van der Waals surface area (Å²) in [4.78, 5) is 13.6. The first-order valence-corrected chi connectivity index (χ1v) is 7.05. The Kier molecular flexibility index (Phi) is 5.10. The molecular formula is C14H25N5. The Morgan fingerprint density at radius 2 is 2.37 bits per heavy atom. The van der Waals surface area contributed by atoms with Crippen LogP contribution in [0.25, 0.3) is 0 Å². The van der Waals surface area contributed by atoms with Crippen molar-refractivity contribution in [3.8, 4) is 0 Å². The first kappa shape index (κ1) is 14.2. The Labute approximate surface area is 116 Å². The van der Waals surface area contributed by atoms with Crippen molar-refractivity contribution in [2.75, 3.05) is 52.2 Å². The number of aromatic nitrogens is 2. The third-order valence-electron chi connectivity index (χ3n) is 3.70. The molecule has 5 nitrogen and oxygen atoms in total. The van der Waals surface area contributed by atoms with Crippen LogP contribution in [0.15, 0.2) is 12.3 Å². The maximum absolute atomic E-state index is 4.63. The van der Waals surface area contributed by atoms with Gasteiger partial charge in [-0.15, -0.1) is 0 Å². The maximum atomic E-state index is 4.63. The van der Waals surface area contributed by atoms with Gasteiger partial charge in [0.25, 0.3) is 0 Å². The normalized spacial score (nSPS) is 19.8. The van der Waals surface area contributed by atoms with Crippen molar-refractivity contribution in [2.24, 2.45) is 5.92 Å². The minimum Gasteiger partial charge on any atom is -0.359 e. The fourth-order valence-electron chi connectivity index (χ4n) is 2.61. The molecule has 0 bridgehead atoms. The highest BCUT2D eigenvalue weighted by atomic mass is 15.2. The number of nitrogens with zero attached hydrogens (tertiary/aromatic N) is 4. The molecule has 5 heteroatoms. The van der Waals surface area contributed by atoms with Crippen molar-refractivity contribution < 1.29 is 0 Å². The fraction of sp³-hybridized carbons (Fsp3) is 0.714. The van der Waals surface area contributed by atoms with E-state index >= 15 is 0 Å². The monoisotopic (exact) mass is 263 g/mol. The summed E-state index contributed by atoms with van der Waals surface area (Å²) in [6.07, 6.45) is 4.04. The molecule has 2 rings (SSSR count). The zero-order chi connectivity index (χ0) is 13.7. The Hall–Kier alpha value is -1.20. The van der Waals surface area contributed by atoms with Gasteiger partial charge in [0.05, 0.1) is 0 Å². The molecule has 1 fully saturated rings. The van der Waals surface area contributed by atoms with Crippen LogP contribution in [0.5, 0.6) is 0 Å². The van der Waals surface area contributed by atoms with E-state index in [0.717, 1.165) is 37.1 Å². The van der Waals surface area contributed by atoms with Crippen LogP contribution in [-0.2, 0) is 6.42 Å². The van der Waals surface area contributed by atoms with Gasteiger partial charge in [-0.1, -0.05) is 0 Å². The zero-order valence-corrected chi connectivity index (χ0v) is 12.3. The van der Waals surface area contributed by atoms with Crippen LogP contribution < -0.4 is 10.2 Å². The van der Waals surface area contributed by atoms with Gasteiger partial charge in [0.15, 0.2) is 0 Å². The lowest BCUT2D eigenvalue weighted by Gasteiger charge is -2.22. The highest BCUT2D eigenvalue weighted by molar-refractivity contribution is 5.36. The minimum atomic E-state index is 0.755. The number of likely N-dealkylation sites (tertiary alicyclic amines) is 1. The van der Waals surface area contributed by atoms with E-state index in [0.29, 0.717) is 0 Å². The SMILES string of the molecule is CNCCc1nccc(N(C)CC2CCN(C)C2)n1. The van der Waals surface area contributed by atoms with Crippen LogP contribution in [0.3, 0.4) is 0 Å². The van der Waals surface area contributed by atoms with E-state index in [9.17, 15) is 0 Å². The molecule has 1 aliphatic rings. The predicted molar refractivity (Wildman–Crippen MR) is 78.5 cm³/mol. The molecule has 1 aliphatic heterocycles. The molecule has 0 amide bonds. The number of rotatable bonds is 6. The van der Waals surface area contributed by atoms with Crippen LogP contribution in [0, 0.1) is 5.92 Å². The van der Waals surface area contributed by atoms with Crippen molar-refractivity contribution in [1.29, 1.82) is 0 Å². The molecule has 0 spiro atoms. The van der Waals surface area contributed by atoms with Gasteiger partial charge in [-0.2, -0.15) is 0 Å². The quantitative estimate of drug-likeness (QED) is 0.815. The number of nitrogens with one attached hydrogen (secondary N) is 1. The molecular weight excluding hydrogens is 238 g/mol. The van der Waals surface area contributed by atoms with Crippen LogP contribution in [0.4, 0.5) is 5.82 Å². The van der Waals surface area contributed by atoms with Crippen molar-refractivity contribution >= 4 is 5.82 Å². The highest BCUT2D eigenvalue weighted by Crippen LogP contribution is 2.18. The molecule has 106 valence electrons. The third-order valence-corrected chi connectivity index (χ3v) is 3.70. The molecule has 1 aromatic rings. The molecule has 2 heterocycles. The lowest BCUT2D eigenvalue weighted by Crippen LogP contribution is -2.28. The third kappa shape index (κ3) is 4.14. The van der Waals surface area contributed by atoms with Crippen LogP contribution in [0.1, 0.15) is 12.2 Å². The lowest BCUT2D eigenvalue weighted by atomic mass is 10.1. The summed E-state index contributed by atoms with van der Waals surface area (Å²) in [6, 6.07) is 2.00. The summed E-state index contributed by atoms with van der Waals surface area (Å²) in [6.45, 7) is 4.41. The molecule has 0 saturated carbocycles. The summed E-state index contributed by atoms with van der Waals surface area (Å²) in [5.74, 6) is 2.71. The molecule has 1 saturated heterocycles. The van der Waals surface area contributed by atoms with Crippen molar-refractivity contribution in [1.82, 2.24) is 20.2 Å². The molecule has 19 heavy (non-hydrogen) atoms. The van der Waals surface area contributed by atoms with Gasteiger partial charge in [-0.3, -0.25) is 0 Å². The molecule has 0 aromatic carbocycles. The van der Waals surface area contributed by atoms with E-state index in [1.54, 1.807) is 0 Å². The molecule has 0 radical (unpaired) electrons. The van der Waals surface area contributed by atoms with Crippen LogP contribution >= 0.6 is 0 Å². The smallest absolute Gasteiger partial charge is 0.131 e. The average molecular weight is 263 g/mol. The van der Waals surface area contributed by atoms with Crippen LogP contribution in [-0.4, -0.2) is 62.2 Å². The van der Waals surface area contributed by atoms with Gasteiger partial charge in [0.1, 0.15) is 11.6 Å². The minimum absolute atomic E-state index is 0.755. The molecule has 1 aromatic heterocycles. The van der Waals surface area contributed by atoms with Crippen LogP contribution in [0.2, 0.25) is 0 Å². The number of hydrogen-bond donors (Lipinski definition) is 1. The summed E-state index contributed by atoms with van der Waals surface area (Å²) in [5.41, 5.74) is 0. The summed E-state index contributed by atoms with van der Waals surface area (Å²) in [7, 11) is 6.27. The van der Waals surface area contributed by atoms with Gasteiger partial charge in [-0.05, 0) is 39.0 Å². The summed E-state index contributed by atoms with van der Waals surface area (Å²) in [5, 5.41) is 3.13. The Balaban J connectivity index is 1.92. The number of likely N-dealkylation sites (N-methyl/N-ethyl adjacent to an activating group) is 1. The van der Waals surface area contributed by atoms with E-state index in [1.165, 1.54) is 19.5 Å². The molecule has 1 unspecified atom stereocenters. The second kappa shape index (κ2) is 6.82. The highest BCUT2D eigenvalue weighted by Gasteiger charge is 2.21. The second-order valence-electron chi connectivity index (χ2n) is 5.48. The van der Waals surface area contributed by atoms with Gasteiger partial charge in [0, 0.05) is 39.3 Å². The largest absolute Gasteiger partial charge is 0.359 e. The van der Waals surface area contributed by atoms with Crippen molar-refractivity contribution in [3.05, 3.63) is 18.1 Å². The van der Waals surface area contributed by atoms with Crippen molar-refractivity contribution in [2.45, 2.75) is 12.8 Å². The lowest BCUT2D eigenvalue weighted by molar-refractivity contribution is 0.395. The van der Waals surface area contributed by atoms with Gasteiger partial charge in [0.2, 0.25) is 0 Å². The fourth-order valence-corrected chi connectivity index (χ4v) is 2.61. The van der Waals surface area contributed by atoms with Gasteiger partial charge in [-0.25, -0.2) is 9.97 Å². The van der Waals surface area contributed by atoms with Gasteiger partial charge < -0.3 is 15.1 Å². The first-order chi connectivity index (χ1) is 9.19. The summed E-state index contributed by atoms with van der Waals surface area (Å²) >= 11 is 0. The predicted octanol–water partition coefficient (Wildman–Crippen LogP) is 0.626. The Morgan fingerprint density at radius 1 is 1.53 bits per heavy atom. The average Bonchev–Trinajstić information content (AvgIpc) is 2.82. The van der Waals surface area contributed by atoms with E-state index in [1.807, 2.05) is 19.3 Å². The first-order valence-electron chi connectivity index (χ1n) is 7.05. The van der Waals surface area contributed by atoms with Crippen molar-refractivity contribution in [3.63, 3.8) is 0 Å². The zero-order valence-electron chi connectivity index (χ0n) is 12.3. The Morgan fingerprint density at radius 3 is 3.05 bits per heavy atom. The molecule has 1 atom stereocenters. The maximum Gasteiger partial charge on any atom is 0.131 e. The second-order valence-corrected chi connectivity index (χ2v) is 5.48.